The Labute approximate surface area is 170 Å². The van der Waals surface area contributed by atoms with E-state index in [9.17, 15) is 23.1 Å². The van der Waals surface area contributed by atoms with Gasteiger partial charge in [0.15, 0.2) is 11.5 Å². The van der Waals surface area contributed by atoms with Crippen molar-refractivity contribution in [1.29, 1.82) is 0 Å². The van der Waals surface area contributed by atoms with E-state index in [-0.39, 0.29) is 30.3 Å². The molecule has 0 bridgehead atoms. The van der Waals surface area contributed by atoms with Gasteiger partial charge in [0.1, 0.15) is 11.6 Å². The minimum Gasteiger partial charge on any atom is -0.493 e. The molecule has 0 saturated carbocycles. The van der Waals surface area contributed by atoms with E-state index < -0.39 is 33.7 Å². The van der Waals surface area contributed by atoms with E-state index in [2.05, 4.69) is 0 Å². The van der Waals surface area contributed by atoms with E-state index in [1.807, 2.05) is 0 Å². The van der Waals surface area contributed by atoms with Crippen LogP contribution < -0.4 is 9.47 Å². The summed E-state index contributed by atoms with van der Waals surface area (Å²) in [6.07, 6.45) is -0.688. The lowest BCUT2D eigenvalue weighted by atomic mass is 10.2. The van der Waals surface area contributed by atoms with Crippen molar-refractivity contribution in [3.05, 3.63) is 18.2 Å². The molecule has 1 atom stereocenters. The molecule has 29 heavy (non-hydrogen) atoms. The molecule has 11 heteroatoms. The maximum atomic E-state index is 13.1. The molecule has 1 aliphatic heterocycles. The van der Waals surface area contributed by atoms with E-state index >= 15 is 0 Å². The SMILES string of the molecule is COc1ccc(S(=O)(=O)N2CCN(C(=O)OC(C)(C)C)CC2C(=O)O)cc1OC. The topological polar surface area (TPSA) is 123 Å². The minimum absolute atomic E-state index is 0.00517. The number of nitrogens with zero attached hydrogens (tertiary/aromatic N) is 2. The molecule has 0 aliphatic carbocycles. The Hall–Kier alpha value is -2.53. The van der Waals surface area contributed by atoms with Gasteiger partial charge in [0, 0.05) is 19.2 Å². The second-order valence-electron chi connectivity index (χ2n) is 7.41. The van der Waals surface area contributed by atoms with Gasteiger partial charge >= 0.3 is 12.1 Å². The summed E-state index contributed by atoms with van der Waals surface area (Å²) in [5, 5.41) is 9.60. The van der Waals surface area contributed by atoms with Crippen molar-refractivity contribution < 1.29 is 37.3 Å². The molecule has 1 saturated heterocycles. The van der Waals surface area contributed by atoms with Crippen LogP contribution in [0.1, 0.15) is 20.8 Å². The number of carboxylic acid groups (broad SMARTS) is 1. The van der Waals surface area contributed by atoms with Crippen LogP contribution in [0.2, 0.25) is 0 Å². The van der Waals surface area contributed by atoms with Gasteiger partial charge in [-0.15, -0.1) is 0 Å². The van der Waals surface area contributed by atoms with E-state index in [4.69, 9.17) is 14.2 Å². The lowest BCUT2D eigenvalue weighted by Gasteiger charge is -2.38. The van der Waals surface area contributed by atoms with E-state index in [1.54, 1.807) is 20.8 Å². The summed E-state index contributed by atoms with van der Waals surface area (Å²) in [5.74, 6) is -0.814. The van der Waals surface area contributed by atoms with Crippen molar-refractivity contribution in [2.75, 3.05) is 33.9 Å². The van der Waals surface area contributed by atoms with Crippen molar-refractivity contribution in [3.63, 3.8) is 0 Å². The Kier molecular flexibility index (Phi) is 6.63. The number of carbonyl (C=O) groups excluding carboxylic acids is 1. The Balaban J connectivity index is 2.31. The quantitative estimate of drug-likeness (QED) is 0.744. The van der Waals surface area contributed by atoms with Crippen LogP contribution in [-0.2, 0) is 19.6 Å². The second-order valence-corrected chi connectivity index (χ2v) is 9.30. The average Bonchev–Trinajstić information content (AvgIpc) is 2.65. The second kappa shape index (κ2) is 8.46. The predicted molar refractivity (Wildman–Crippen MR) is 103 cm³/mol. The number of amides is 1. The number of piperazine rings is 1. The number of aliphatic carboxylic acids is 1. The summed E-state index contributed by atoms with van der Waals surface area (Å²) in [7, 11) is -1.37. The third-order valence-electron chi connectivity index (χ3n) is 4.23. The fourth-order valence-corrected chi connectivity index (χ4v) is 4.44. The number of ether oxygens (including phenoxy) is 3. The van der Waals surface area contributed by atoms with Crippen LogP contribution in [0.3, 0.4) is 0 Å². The standard InChI is InChI=1S/C18H26N2O8S/c1-18(2,3)28-17(23)19-8-9-20(13(11-19)16(21)22)29(24,25)12-6-7-14(26-4)15(10-12)27-5/h6-7,10,13H,8-9,11H2,1-5H3,(H,21,22). The first-order valence-corrected chi connectivity index (χ1v) is 10.3. The summed E-state index contributed by atoms with van der Waals surface area (Å²) in [5.41, 5.74) is -0.751. The van der Waals surface area contributed by atoms with Gasteiger partial charge in [-0.25, -0.2) is 13.2 Å². The molecule has 0 spiro atoms. The van der Waals surface area contributed by atoms with Gasteiger partial charge in [0.25, 0.3) is 0 Å². The van der Waals surface area contributed by atoms with Crippen molar-refractivity contribution in [1.82, 2.24) is 9.21 Å². The van der Waals surface area contributed by atoms with Crippen molar-refractivity contribution in [2.45, 2.75) is 37.3 Å². The zero-order valence-electron chi connectivity index (χ0n) is 17.0. The molecule has 1 aliphatic rings. The van der Waals surface area contributed by atoms with Crippen LogP contribution in [0.5, 0.6) is 11.5 Å². The normalized spacial score (nSPS) is 18.2. The molecule has 1 heterocycles. The summed E-state index contributed by atoms with van der Waals surface area (Å²) in [6.45, 7) is 4.57. The molecule has 0 radical (unpaired) electrons. The van der Waals surface area contributed by atoms with Gasteiger partial charge in [-0.05, 0) is 32.9 Å². The van der Waals surface area contributed by atoms with Crippen LogP contribution in [0.4, 0.5) is 4.79 Å². The maximum absolute atomic E-state index is 13.1. The molecule has 1 aromatic rings. The molecular weight excluding hydrogens is 404 g/mol. The average molecular weight is 430 g/mol. The minimum atomic E-state index is -4.16. The first-order valence-electron chi connectivity index (χ1n) is 8.85. The number of hydrogen-bond acceptors (Lipinski definition) is 7. The highest BCUT2D eigenvalue weighted by Crippen LogP contribution is 2.32. The lowest BCUT2D eigenvalue weighted by Crippen LogP contribution is -2.59. The van der Waals surface area contributed by atoms with Gasteiger partial charge in [0.2, 0.25) is 10.0 Å². The summed E-state index contributed by atoms with van der Waals surface area (Å²) in [4.78, 5) is 25.1. The molecule has 1 unspecified atom stereocenters. The number of sulfonamides is 1. The predicted octanol–water partition coefficient (Wildman–Crippen LogP) is 1.40. The Morgan fingerprint density at radius 3 is 2.24 bits per heavy atom. The first kappa shape index (κ1) is 22.8. The maximum Gasteiger partial charge on any atom is 0.410 e. The highest BCUT2D eigenvalue weighted by atomic mass is 32.2. The monoisotopic (exact) mass is 430 g/mol. The number of carboxylic acids is 1. The third-order valence-corrected chi connectivity index (χ3v) is 6.13. The van der Waals surface area contributed by atoms with Gasteiger partial charge in [-0.1, -0.05) is 0 Å². The van der Waals surface area contributed by atoms with Gasteiger partial charge < -0.3 is 24.2 Å². The van der Waals surface area contributed by atoms with Gasteiger partial charge in [-0.3, -0.25) is 4.79 Å². The Morgan fingerprint density at radius 1 is 1.10 bits per heavy atom. The highest BCUT2D eigenvalue weighted by molar-refractivity contribution is 7.89. The number of carbonyl (C=O) groups is 2. The molecule has 1 aromatic carbocycles. The summed E-state index contributed by atoms with van der Waals surface area (Å²) in [6, 6.07) is 2.57. The van der Waals surface area contributed by atoms with Crippen molar-refractivity contribution in [2.24, 2.45) is 0 Å². The molecular formula is C18H26N2O8S. The molecule has 1 fully saturated rings. The summed E-state index contributed by atoms with van der Waals surface area (Å²) >= 11 is 0. The molecule has 1 amide bonds. The Morgan fingerprint density at radius 2 is 1.72 bits per heavy atom. The fourth-order valence-electron chi connectivity index (χ4n) is 2.86. The van der Waals surface area contributed by atoms with Crippen LogP contribution in [-0.4, -0.2) is 80.3 Å². The van der Waals surface area contributed by atoms with E-state index in [0.717, 1.165) is 4.31 Å². The first-order chi connectivity index (χ1) is 13.4. The van der Waals surface area contributed by atoms with Crippen molar-refractivity contribution in [3.8, 4) is 11.5 Å². The van der Waals surface area contributed by atoms with Gasteiger partial charge in [-0.2, -0.15) is 4.31 Å². The smallest absolute Gasteiger partial charge is 0.410 e. The highest BCUT2D eigenvalue weighted by Gasteiger charge is 2.42. The third kappa shape index (κ3) is 5.10. The van der Waals surface area contributed by atoms with E-state index in [0.29, 0.717) is 5.75 Å². The van der Waals surface area contributed by atoms with Crippen LogP contribution >= 0.6 is 0 Å². The number of benzene rings is 1. The molecule has 10 nitrogen and oxygen atoms in total. The van der Waals surface area contributed by atoms with Crippen molar-refractivity contribution >= 4 is 22.1 Å². The lowest BCUT2D eigenvalue weighted by molar-refractivity contribution is -0.143. The summed E-state index contributed by atoms with van der Waals surface area (Å²) < 4.78 is 42.6. The van der Waals surface area contributed by atoms with Crippen LogP contribution in [0.15, 0.2) is 23.1 Å². The number of hydrogen-bond donors (Lipinski definition) is 1. The van der Waals surface area contributed by atoms with Gasteiger partial charge in [0.05, 0.1) is 25.7 Å². The molecule has 0 aromatic heterocycles. The zero-order valence-corrected chi connectivity index (χ0v) is 17.9. The zero-order chi connectivity index (χ0) is 22.0. The molecule has 2 rings (SSSR count). The molecule has 1 N–H and O–H groups in total. The number of methoxy groups -OCH3 is 2. The van der Waals surface area contributed by atoms with Crippen LogP contribution in [0, 0.1) is 0 Å². The largest absolute Gasteiger partial charge is 0.493 e. The molecule has 162 valence electrons. The Bertz CT molecular complexity index is 878. The fraction of sp³-hybridized carbons (Fsp3) is 0.556. The van der Waals surface area contributed by atoms with Crippen LogP contribution in [0.25, 0.3) is 0 Å². The number of rotatable bonds is 5. The van der Waals surface area contributed by atoms with E-state index in [1.165, 1.54) is 37.3 Å².